The molecule has 1 aliphatic carbocycles. The number of hydrogen-bond donors (Lipinski definition) is 1. The Kier molecular flexibility index (Phi) is 3.81. The van der Waals surface area contributed by atoms with Gasteiger partial charge in [0.1, 0.15) is 5.82 Å². The van der Waals surface area contributed by atoms with Crippen molar-refractivity contribution >= 4 is 5.82 Å². The van der Waals surface area contributed by atoms with Crippen molar-refractivity contribution in [3.05, 3.63) is 36.4 Å². The molecule has 0 bridgehead atoms. The van der Waals surface area contributed by atoms with Gasteiger partial charge in [0.25, 0.3) is 0 Å². The van der Waals surface area contributed by atoms with E-state index in [0.29, 0.717) is 23.4 Å². The Morgan fingerprint density at radius 1 is 1.10 bits per heavy atom. The van der Waals surface area contributed by atoms with Crippen molar-refractivity contribution in [1.82, 2.24) is 9.97 Å². The summed E-state index contributed by atoms with van der Waals surface area (Å²) in [4.78, 5) is 8.72. The number of rotatable bonds is 4. The van der Waals surface area contributed by atoms with Crippen LogP contribution < -0.4 is 10.5 Å². The molecule has 0 amide bonds. The van der Waals surface area contributed by atoms with E-state index in [-0.39, 0.29) is 0 Å². The number of nitrogens with zero attached hydrogens (tertiary/aromatic N) is 2. The maximum Gasteiger partial charge on any atom is 0.219 e. The maximum absolute atomic E-state index is 5.85. The second kappa shape index (κ2) is 5.90. The molecule has 4 heteroatoms. The van der Waals surface area contributed by atoms with E-state index in [9.17, 15) is 0 Å². The van der Waals surface area contributed by atoms with Crippen LogP contribution in [0.15, 0.2) is 36.4 Å². The average molecular weight is 269 g/mol. The molecule has 104 valence electrons. The smallest absolute Gasteiger partial charge is 0.219 e. The number of hydrogen-bond acceptors (Lipinski definition) is 4. The Bertz CT molecular complexity index is 565. The molecule has 0 aliphatic heterocycles. The van der Waals surface area contributed by atoms with Crippen LogP contribution in [0.4, 0.5) is 5.82 Å². The summed E-state index contributed by atoms with van der Waals surface area (Å²) in [5, 5.41) is 0. The lowest BCUT2D eigenvalue weighted by Gasteiger charge is -2.11. The lowest BCUT2D eigenvalue weighted by molar-refractivity contribution is 0.243. The molecule has 4 nitrogen and oxygen atoms in total. The molecule has 1 aromatic carbocycles. The molecule has 1 fully saturated rings. The third kappa shape index (κ3) is 3.07. The van der Waals surface area contributed by atoms with E-state index < -0.39 is 0 Å². The van der Waals surface area contributed by atoms with Crippen LogP contribution in [0, 0.1) is 5.92 Å². The highest BCUT2D eigenvalue weighted by atomic mass is 16.5. The fourth-order valence-electron chi connectivity index (χ4n) is 2.61. The van der Waals surface area contributed by atoms with Gasteiger partial charge in [0.05, 0.1) is 6.61 Å². The van der Waals surface area contributed by atoms with Gasteiger partial charge in [-0.25, -0.2) is 4.98 Å². The zero-order valence-electron chi connectivity index (χ0n) is 11.5. The number of nitrogens with two attached hydrogens (primary N) is 1. The third-order valence-electron chi connectivity index (χ3n) is 3.70. The van der Waals surface area contributed by atoms with Gasteiger partial charge in [0, 0.05) is 11.6 Å². The van der Waals surface area contributed by atoms with Crippen LogP contribution in [0.3, 0.4) is 0 Å². The largest absolute Gasteiger partial charge is 0.477 e. The molecular formula is C16H19N3O. The topological polar surface area (TPSA) is 61.0 Å². The van der Waals surface area contributed by atoms with Crippen molar-refractivity contribution in [2.75, 3.05) is 12.3 Å². The Morgan fingerprint density at radius 2 is 1.85 bits per heavy atom. The molecule has 1 aromatic heterocycles. The minimum absolute atomic E-state index is 0.445. The Morgan fingerprint density at radius 3 is 2.60 bits per heavy atom. The minimum atomic E-state index is 0.445. The quantitative estimate of drug-likeness (QED) is 0.925. The fourth-order valence-corrected chi connectivity index (χ4v) is 2.61. The van der Waals surface area contributed by atoms with Crippen molar-refractivity contribution in [3.63, 3.8) is 0 Å². The second-order valence-corrected chi connectivity index (χ2v) is 5.28. The van der Waals surface area contributed by atoms with Gasteiger partial charge in [-0.15, -0.1) is 0 Å². The van der Waals surface area contributed by atoms with Crippen LogP contribution in [0.25, 0.3) is 11.4 Å². The zero-order valence-corrected chi connectivity index (χ0v) is 11.5. The molecule has 3 rings (SSSR count). The summed E-state index contributed by atoms with van der Waals surface area (Å²) >= 11 is 0. The number of aromatic nitrogens is 2. The van der Waals surface area contributed by atoms with E-state index in [4.69, 9.17) is 10.5 Å². The fraction of sp³-hybridized carbons (Fsp3) is 0.375. The van der Waals surface area contributed by atoms with Crippen molar-refractivity contribution < 1.29 is 4.74 Å². The van der Waals surface area contributed by atoms with Gasteiger partial charge >= 0.3 is 0 Å². The van der Waals surface area contributed by atoms with E-state index in [2.05, 4.69) is 9.97 Å². The van der Waals surface area contributed by atoms with Crippen molar-refractivity contribution in [3.8, 4) is 17.3 Å². The third-order valence-corrected chi connectivity index (χ3v) is 3.70. The number of benzene rings is 1. The molecule has 20 heavy (non-hydrogen) atoms. The molecule has 1 saturated carbocycles. The second-order valence-electron chi connectivity index (χ2n) is 5.28. The van der Waals surface area contributed by atoms with Gasteiger partial charge in [-0.3, -0.25) is 0 Å². The Balaban J connectivity index is 1.76. The average Bonchev–Trinajstić information content (AvgIpc) is 2.99. The summed E-state index contributed by atoms with van der Waals surface area (Å²) in [6.45, 7) is 0.727. The Labute approximate surface area is 119 Å². The molecule has 1 heterocycles. The highest BCUT2D eigenvalue weighted by Gasteiger charge is 2.16. The lowest BCUT2D eigenvalue weighted by Crippen LogP contribution is -2.10. The lowest BCUT2D eigenvalue weighted by atomic mass is 10.1. The van der Waals surface area contributed by atoms with Crippen LogP contribution in [0.1, 0.15) is 25.7 Å². The number of anilines is 1. The summed E-state index contributed by atoms with van der Waals surface area (Å²) in [5.74, 6) is 2.29. The van der Waals surface area contributed by atoms with Gasteiger partial charge in [-0.05, 0) is 18.8 Å². The highest BCUT2D eigenvalue weighted by molar-refractivity contribution is 5.57. The molecule has 2 N–H and O–H groups in total. The summed E-state index contributed by atoms with van der Waals surface area (Å²) < 4.78 is 5.80. The first kappa shape index (κ1) is 12.9. The molecule has 0 saturated heterocycles. The predicted molar refractivity (Wildman–Crippen MR) is 79.3 cm³/mol. The minimum Gasteiger partial charge on any atom is -0.477 e. The normalized spacial score (nSPS) is 15.4. The summed E-state index contributed by atoms with van der Waals surface area (Å²) in [5.41, 5.74) is 6.80. The molecule has 0 spiro atoms. The first-order valence-corrected chi connectivity index (χ1v) is 7.14. The number of ether oxygens (including phenoxy) is 1. The van der Waals surface area contributed by atoms with Gasteiger partial charge in [0.2, 0.25) is 5.88 Å². The number of nitrogen functional groups attached to an aromatic ring is 1. The monoisotopic (exact) mass is 269 g/mol. The van der Waals surface area contributed by atoms with Gasteiger partial charge in [-0.1, -0.05) is 43.2 Å². The Hall–Kier alpha value is -2.10. The van der Waals surface area contributed by atoms with Crippen LogP contribution >= 0.6 is 0 Å². The van der Waals surface area contributed by atoms with E-state index >= 15 is 0 Å². The molecule has 2 aromatic rings. The van der Waals surface area contributed by atoms with E-state index in [1.165, 1.54) is 25.7 Å². The van der Waals surface area contributed by atoms with E-state index in [1.54, 1.807) is 6.07 Å². The van der Waals surface area contributed by atoms with Crippen LogP contribution in [0.2, 0.25) is 0 Å². The summed E-state index contributed by atoms with van der Waals surface area (Å²) in [7, 11) is 0. The van der Waals surface area contributed by atoms with Crippen LogP contribution in [-0.2, 0) is 0 Å². The first-order chi connectivity index (χ1) is 9.81. The van der Waals surface area contributed by atoms with Gasteiger partial charge < -0.3 is 10.5 Å². The van der Waals surface area contributed by atoms with Crippen molar-refractivity contribution in [2.24, 2.45) is 5.92 Å². The zero-order chi connectivity index (χ0) is 13.8. The molecule has 0 atom stereocenters. The van der Waals surface area contributed by atoms with E-state index in [0.717, 1.165) is 12.2 Å². The predicted octanol–water partition coefficient (Wildman–Crippen LogP) is 3.29. The van der Waals surface area contributed by atoms with Crippen molar-refractivity contribution in [1.29, 1.82) is 0 Å². The molecular weight excluding hydrogens is 250 g/mol. The van der Waals surface area contributed by atoms with Crippen LogP contribution in [0.5, 0.6) is 5.88 Å². The summed E-state index contributed by atoms with van der Waals surface area (Å²) in [6, 6.07) is 11.5. The first-order valence-electron chi connectivity index (χ1n) is 7.14. The van der Waals surface area contributed by atoms with E-state index in [1.807, 2.05) is 30.3 Å². The van der Waals surface area contributed by atoms with Crippen molar-refractivity contribution in [2.45, 2.75) is 25.7 Å². The van der Waals surface area contributed by atoms with Gasteiger partial charge in [-0.2, -0.15) is 4.98 Å². The maximum atomic E-state index is 5.85. The highest BCUT2D eigenvalue weighted by Crippen LogP contribution is 2.26. The molecule has 0 radical (unpaired) electrons. The SMILES string of the molecule is Nc1cc(OCC2CCCC2)nc(-c2ccccc2)n1. The molecule has 1 aliphatic rings. The standard InChI is InChI=1S/C16H19N3O/c17-14-10-15(20-11-12-6-4-5-7-12)19-16(18-14)13-8-2-1-3-9-13/h1-3,8-10,12H,4-7,11H2,(H2,17,18,19). The van der Waals surface area contributed by atoms with Gasteiger partial charge in [0.15, 0.2) is 5.82 Å². The van der Waals surface area contributed by atoms with Crippen LogP contribution in [-0.4, -0.2) is 16.6 Å². The molecule has 0 unspecified atom stereocenters. The summed E-state index contributed by atoms with van der Waals surface area (Å²) in [6.07, 6.45) is 5.14.